The standard InChI is InChI=1S/C82H125N7O33/c1-49(90)86-70-76(117-58(10)99)73(114-55(7)96)62(46-110-52(4)93)120-79(70)107-42-25-16-13-22-39-83-65(102)33-36-82(89-68(105)31-28-32-69(106)113-45-61-29-20-19-21-30-61,37-34-66(103)84-40-23-14-17-26-43-108-80-71(87-50(2)91)77(118-59(11)100)74(115-56(8)97)63(121-80)47-111-53(5)94)38-35-67(104)85-41-24-15-18-27-44-109-81-72(88-51(3)92)78(119-60(12)101)75(116-57(9)98)64(122-81)48-112-54(6)95/h19-21,29-30,62-64,70-81H,13-18,22-28,31-48H2,1-12H3,(H,83,102)(H,84,103)(H,85,104)(H,86,90)(H,87,91)(H,88,92)(H,89,105). The van der Waals surface area contributed by atoms with Gasteiger partial charge < -0.3 is 113 Å². The molecule has 1 aromatic rings. The van der Waals surface area contributed by atoms with Crippen LogP contribution in [0.1, 0.15) is 223 Å². The van der Waals surface area contributed by atoms with Gasteiger partial charge in [0, 0.05) is 160 Å². The zero-order valence-corrected chi connectivity index (χ0v) is 71.9. The molecule has 122 heavy (non-hydrogen) atoms. The molecule has 40 nitrogen and oxygen atoms in total. The van der Waals surface area contributed by atoms with E-state index in [-0.39, 0.29) is 104 Å². The van der Waals surface area contributed by atoms with Crippen molar-refractivity contribution in [1.29, 1.82) is 0 Å². The van der Waals surface area contributed by atoms with Crippen molar-refractivity contribution < 1.29 is 157 Å². The second-order valence-corrected chi connectivity index (χ2v) is 29.9. The molecule has 40 heteroatoms. The Hall–Kier alpha value is -10.0. The smallest absolute Gasteiger partial charge is 0.306 e. The summed E-state index contributed by atoms with van der Waals surface area (Å²) in [5.41, 5.74) is -0.600. The van der Waals surface area contributed by atoms with E-state index in [2.05, 4.69) is 37.2 Å². The third-order valence-electron chi connectivity index (χ3n) is 19.2. The molecule has 686 valence electrons. The van der Waals surface area contributed by atoms with Crippen molar-refractivity contribution in [1.82, 2.24) is 37.2 Å². The Morgan fingerprint density at radius 3 is 0.902 bits per heavy atom. The van der Waals surface area contributed by atoms with Gasteiger partial charge in [0.05, 0.1) is 0 Å². The zero-order valence-electron chi connectivity index (χ0n) is 71.9. The fourth-order valence-electron chi connectivity index (χ4n) is 13.8. The molecule has 3 aliphatic rings. The first kappa shape index (κ1) is 104. The maximum atomic E-state index is 14.2. The Labute approximate surface area is 710 Å². The van der Waals surface area contributed by atoms with E-state index >= 15 is 0 Å². The van der Waals surface area contributed by atoms with E-state index in [1.807, 2.05) is 6.07 Å². The summed E-state index contributed by atoms with van der Waals surface area (Å²) in [7, 11) is 0. The molecule has 0 saturated carbocycles. The minimum atomic E-state index is -1.36. The number of benzene rings is 1. The molecule has 15 atom stereocenters. The third-order valence-corrected chi connectivity index (χ3v) is 19.2. The predicted octanol–water partition coefficient (Wildman–Crippen LogP) is 3.14. The van der Waals surface area contributed by atoms with Gasteiger partial charge in [0.2, 0.25) is 41.4 Å². The lowest BCUT2D eigenvalue weighted by Crippen LogP contribution is -2.66. The highest BCUT2D eigenvalue weighted by molar-refractivity contribution is 5.81. The normalized spacial score (nSPS) is 22.7. The van der Waals surface area contributed by atoms with Crippen molar-refractivity contribution >= 4 is 101 Å². The van der Waals surface area contributed by atoms with E-state index in [1.165, 1.54) is 20.8 Å². The van der Waals surface area contributed by atoms with Crippen LogP contribution in [0.25, 0.3) is 0 Å². The highest BCUT2D eigenvalue weighted by Gasteiger charge is 2.54. The number of carbonyl (C=O) groups is 17. The Morgan fingerprint density at radius 1 is 0.320 bits per heavy atom. The fourth-order valence-corrected chi connectivity index (χ4v) is 13.8. The van der Waals surface area contributed by atoms with E-state index < -0.39 is 218 Å². The van der Waals surface area contributed by atoms with E-state index in [0.717, 1.165) is 67.9 Å². The molecule has 0 aliphatic carbocycles. The maximum Gasteiger partial charge on any atom is 0.306 e. The molecular formula is C82H125N7O33. The fraction of sp³-hybridized carbons (Fsp3) is 0.720. The van der Waals surface area contributed by atoms with Crippen molar-refractivity contribution in [3.05, 3.63) is 35.9 Å². The highest BCUT2D eigenvalue weighted by Crippen LogP contribution is 2.33. The van der Waals surface area contributed by atoms with Gasteiger partial charge in [-0.25, -0.2) is 0 Å². The number of rotatable bonds is 55. The monoisotopic (exact) mass is 1740 g/mol. The molecule has 3 fully saturated rings. The van der Waals surface area contributed by atoms with Crippen molar-refractivity contribution in [3.8, 4) is 0 Å². The second kappa shape index (κ2) is 56.6. The molecule has 4 rings (SSSR count). The number of nitrogens with one attached hydrogen (secondary N) is 7. The number of carbonyl (C=O) groups excluding carboxylic acids is 17. The van der Waals surface area contributed by atoms with Crippen LogP contribution in [0.15, 0.2) is 30.3 Å². The van der Waals surface area contributed by atoms with Gasteiger partial charge in [-0.1, -0.05) is 68.9 Å². The van der Waals surface area contributed by atoms with Crippen LogP contribution < -0.4 is 37.2 Å². The summed E-state index contributed by atoms with van der Waals surface area (Å²) >= 11 is 0. The van der Waals surface area contributed by atoms with Gasteiger partial charge >= 0.3 is 59.7 Å². The quantitative estimate of drug-likeness (QED) is 0.0280. The predicted molar refractivity (Wildman–Crippen MR) is 423 cm³/mol. The molecule has 0 radical (unpaired) electrons. The lowest BCUT2D eigenvalue weighted by Gasteiger charge is -2.44. The lowest BCUT2D eigenvalue weighted by molar-refractivity contribution is -0.277. The van der Waals surface area contributed by atoms with Crippen LogP contribution in [-0.4, -0.2) is 258 Å². The molecule has 15 unspecified atom stereocenters. The molecule has 1 aromatic carbocycles. The van der Waals surface area contributed by atoms with Crippen molar-refractivity contribution in [2.75, 3.05) is 59.3 Å². The third kappa shape index (κ3) is 42.2. The first-order valence-electron chi connectivity index (χ1n) is 41.3. The van der Waals surface area contributed by atoms with Crippen molar-refractivity contribution in [2.45, 2.75) is 322 Å². The summed E-state index contributed by atoms with van der Waals surface area (Å²) in [5, 5.41) is 19.8. The number of unbranched alkanes of at least 4 members (excludes halogenated alkanes) is 9. The Balaban J connectivity index is 1.48. The van der Waals surface area contributed by atoms with Crippen molar-refractivity contribution in [2.24, 2.45) is 0 Å². The number of hydrogen-bond donors (Lipinski definition) is 7. The van der Waals surface area contributed by atoms with E-state index in [9.17, 15) is 81.5 Å². The van der Waals surface area contributed by atoms with Crippen LogP contribution in [0, 0.1) is 0 Å². The highest BCUT2D eigenvalue weighted by atomic mass is 16.7. The molecule has 3 saturated heterocycles. The molecule has 0 bridgehead atoms. The number of ether oxygens (including phenoxy) is 16. The molecule has 3 heterocycles. The van der Waals surface area contributed by atoms with Gasteiger partial charge in [-0.3, -0.25) is 81.5 Å². The summed E-state index contributed by atoms with van der Waals surface area (Å²) in [5.74, 6) is -10.5. The van der Waals surface area contributed by atoms with Crippen LogP contribution in [0.4, 0.5) is 0 Å². The second-order valence-electron chi connectivity index (χ2n) is 29.9. The maximum absolute atomic E-state index is 14.2. The minimum absolute atomic E-state index is 0.0160. The number of esters is 10. The number of amides is 7. The van der Waals surface area contributed by atoms with Crippen LogP contribution in [0.5, 0.6) is 0 Å². The van der Waals surface area contributed by atoms with Gasteiger partial charge in [-0.15, -0.1) is 0 Å². The molecule has 7 N–H and O–H groups in total. The molecule has 7 amide bonds. The Kier molecular flexibility index (Phi) is 48.4. The minimum Gasteiger partial charge on any atom is -0.463 e. The van der Waals surface area contributed by atoms with Crippen LogP contribution in [0.3, 0.4) is 0 Å². The van der Waals surface area contributed by atoms with Crippen LogP contribution >= 0.6 is 0 Å². The van der Waals surface area contributed by atoms with Crippen molar-refractivity contribution in [3.63, 3.8) is 0 Å². The van der Waals surface area contributed by atoms with Gasteiger partial charge in [0.15, 0.2) is 55.5 Å². The summed E-state index contributed by atoms with van der Waals surface area (Å²) in [6.45, 7) is 13.5. The van der Waals surface area contributed by atoms with E-state index in [4.69, 9.17) is 75.8 Å². The summed E-state index contributed by atoms with van der Waals surface area (Å²) in [4.78, 5) is 216. The summed E-state index contributed by atoms with van der Waals surface area (Å²) < 4.78 is 90.6. The largest absolute Gasteiger partial charge is 0.463 e. The average Bonchev–Trinajstić information content (AvgIpc) is 0.795. The van der Waals surface area contributed by atoms with Crippen LogP contribution in [-0.2, 0) is 164 Å². The zero-order chi connectivity index (χ0) is 90.3. The van der Waals surface area contributed by atoms with Gasteiger partial charge in [0.1, 0.15) is 62.9 Å². The molecule has 3 aliphatic heterocycles. The molecule has 0 spiro atoms. The van der Waals surface area contributed by atoms with E-state index in [0.29, 0.717) is 77.0 Å². The van der Waals surface area contributed by atoms with Gasteiger partial charge in [-0.2, -0.15) is 0 Å². The SMILES string of the molecule is CC(=O)NC1C(OCCCCCCNC(=O)CCC(CCC(=O)NCCCCCCOC2OC(COC(C)=O)C(OC(C)=O)C(OC(C)=O)C2NC(C)=O)(CCC(=O)NCCCCCCOC2OC(COC(C)=O)C(OC(C)=O)C(OC(C)=O)C2NC(C)=O)NC(=O)CCCC(=O)OCc2ccccc2)OC(COC(C)=O)C(OC(C)=O)C1OC(C)=O. The molecular weight excluding hydrogens is 1610 g/mol. The van der Waals surface area contributed by atoms with Gasteiger partial charge in [0.25, 0.3) is 0 Å². The number of hydrogen-bond acceptors (Lipinski definition) is 33. The molecule has 0 aromatic heterocycles. The first-order valence-corrected chi connectivity index (χ1v) is 41.3. The lowest BCUT2D eigenvalue weighted by atomic mass is 9.82. The van der Waals surface area contributed by atoms with Gasteiger partial charge in [-0.05, 0) is 69.8 Å². The van der Waals surface area contributed by atoms with Crippen LogP contribution in [0.2, 0.25) is 0 Å². The summed E-state index contributed by atoms with van der Waals surface area (Å²) in [6, 6.07) is 5.53. The average molecular weight is 1740 g/mol. The Bertz CT molecular complexity index is 3270. The topological polar surface area (TPSA) is 522 Å². The Morgan fingerprint density at radius 2 is 0.615 bits per heavy atom. The summed E-state index contributed by atoms with van der Waals surface area (Å²) in [6.07, 6.45) is -9.75. The first-order chi connectivity index (χ1) is 57.9. The van der Waals surface area contributed by atoms with E-state index in [1.54, 1.807) is 24.3 Å².